The second-order valence-electron chi connectivity index (χ2n) is 9.14. The monoisotopic (exact) mass is 450 g/mol. The maximum absolute atomic E-state index is 13.2. The normalized spacial score (nSPS) is 24.4. The van der Waals surface area contributed by atoms with Crippen LogP contribution in [0.5, 0.6) is 5.88 Å². The summed E-state index contributed by atoms with van der Waals surface area (Å²) in [5.41, 5.74) is 2.80. The van der Waals surface area contributed by atoms with E-state index in [1.54, 1.807) is 4.90 Å². The number of hydrogen-bond acceptors (Lipinski definition) is 6. The van der Waals surface area contributed by atoms with E-state index in [0.29, 0.717) is 24.7 Å². The average molecular weight is 451 g/mol. The van der Waals surface area contributed by atoms with Gasteiger partial charge in [-0.2, -0.15) is 0 Å². The Kier molecular flexibility index (Phi) is 6.15. The third-order valence-corrected chi connectivity index (χ3v) is 6.93. The summed E-state index contributed by atoms with van der Waals surface area (Å²) in [5.74, 6) is 0.579. The van der Waals surface area contributed by atoms with Crippen molar-refractivity contribution in [3.05, 3.63) is 47.2 Å². The fourth-order valence-corrected chi connectivity index (χ4v) is 5.16. The molecule has 5 heterocycles. The lowest BCUT2D eigenvalue weighted by Gasteiger charge is -2.27. The van der Waals surface area contributed by atoms with E-state index in [2.05, 4.69) is 28.5 Å². The maximum atomic E-state index is 13.2. The Hall–Kier alpha value is -3.16. The average Bonchev–Trinajstić information content (AvgIpc) is 3.43. The number of rotatable bonds is 8. The molecule has 2 N–H and O–H groups in total. The zero-order valence-corrected chi connectivity index (χ0v) is 18.7. The molecule has 8 nitrogen and oxygen atoms in total. The van der Waals surface area contributed by atoms with E-state index >= 15 is 0 Å². The van der Waals surface area contributed by atoms with Crippen molar-refractivity contribution in [3.8, 4) is 5.88 Å². The van der Waals surface area contributed by atoms with Crippen LogP contribution in [0.25, 0.3) is 0 Å². The number of carboxylic acid groups (broad SMARTS) is 1. The lowest BCUT2D eigenvalue weighted by Crippen LogP contribution is -2.34. The molecule has 1 saturated heterocycles. The molecule has 4 aliphatic heterocycles. The number of fused-ring (bicyclic) bond motifs is 2. The van der Waals surface area contributed by atoms with E-state index < -0.39 is 12.0 Å². The Morgan fingerprint density at radius 2 is 2.24 bits per heavy atom. The first-order chi connectivity index (χ1) is 16.1. The number of hydrogen-bond donors (Lipinski definition) is 2. The third-order valence-electron chi connectivity index (χ3n) is 6.93. The van der Waals surface area contributed by atoms with E-state index in [0.717, 1.165) is 56.5 Å². The lowest BCUT2D eigenvalue weighted by atomic mass is 9.96. The van der Waals surface area contributed by atoms with Gasteiger partial charge >= 0.3 is 5.97 Å². The van der Waals surface area contributed by atoms with Crippen LogP contribution in [0.2, 0.25) is 0 Å². The van der Waals surface area contributed by atoms with E-state index in [1.165, 1.54) is 5.57 Å². The van der Waals surface area contributed by atoms with E-state index in [4.69, 9.17) is 9.73 Å². The highest BCUT2D eigenvalue weighted by molar-refractivity contribution is 6.02. The largest absolute Gasteiger partial charge is 0.481 e. The molecule has 0 radical (unpaired) electrons. The Morgan fingerprint density at radius 3 is 3.12 bits per heavy atom. The van der Waals surface area contributed by atoms with Crippen molar-refractivity contribution < 1.29 is 19.4 Å². The Morgan fingerprint density at radius 1 is 1.33 bits per heavy atom. The number of likely N-dealkylation sites (tertiary alicyclic amines) is 1. The van der Waals surface area contributed by atoms with Crippen molar-refractivity contribution in [2.24, 2.45) is 10.9 Å². The van der Waals surface area contributed by atoms with Gasteiger partial charge < -0.3 is 20.1 Å². The Labute approximate surface area is 193 Å². The van der Waals surface area contributed by atoms with Crippen LogP contribution in [0.4, 0.5) is 0 Å². The summed E-state index contributed by atoms with van der Waals surface area (Å²) in [6, 6.07) is 3.37. The van der Waals surface area contributed by atoms with Gasteiger partial charge in [-0.25, -0.2) is 4.98 Å². The van der Waals surface area contributed by atoms with Gasteiger partial charge in [0.15, 0.2) is 0 Å². The number of aromatic nitrogens is 1. The number of dihydropyridines is 1. The summed E-state index contributed by atoms with van der Waals surface area (Å²) in [4.78, 5) is 35.9. The molecule has 33 heavy (non-hydrogen) atoms. The van der Waals surface area contributed by atoms with Crippen LogP contribution in [-0.4, -0.2) is 58.4 Å². The minimum absolute atomic E-state index is 0.0362. The maximum Gasteiger partial charge on any atom is 0.305 e. The van der Waals surface area contributed by atoms with Gasteiger partial charge in [-0.15, -0.1) is 0 Å². The number of carbonyl (C=O) groups excluding carboxylic acids is 1. The first-order valence-electron chi connectivity index (χ1n) is 11.9. The zero-order chi connectivity index (χ0) is 22.8. The smallest absolute Gasteiger partial charge is 0.305 e. The quantitative estimate of drug-likeness (QED) is 0.631. The molecule has 3 atom stereocenters. The van der Waals surface area contributed by atoms with Crippen LogP contribution in [-0.2, 0) is 16.0 Å². The number of aliphatic carboxylic acids is 1. The van der Waals surface area contributed by atoms with Crippen LogP contribution in [0.15, 0.2) is 40.9 Å². The van der Waals surface area contributed by atoms with Crippen molar-refractivity contribution in [3.63, 3.8) is 0 Å². The SMILES string of the molecule is O=C(O)CC(c1ccc2c(n1)OCC2)N1CCC(CCCC2C=CC3=CCCNC3=N2)C1=O. The van der Waals surface area contributed by atoms with Gasteiger partial charge in [-0.3, -0.25) is 14.6 Å². The minimum atomic E-state index is -0.938. The summed E-state index contributed by atoms with van der Waals surface area (Å²) in [6.45, 7) is 2.08. The summed E-state index contributed by atoms with van der Waals surface area (Å²) < 4.78 is 5.56. The van der Waals surface area contributed by atoms with E-state index in [1.807, 2.05) is 12.1 Å². The fourth-order valence-electron chi connectivity index (χ4n) is 5.16. The molecule has 0 saturated carbocycles. The third kappa shape index (κ3) is 4.65. The topological polar surface area (TPSA) is 104 Å². The molecule has 3 unspecified atom stereocenters. The standard InChI is InChI=1S/C25H30N4O4/c30-22(31)15-21(20-9-7-17-11-14-33-24(17)28-20)29-13-10-18(25(29)32)3-1-5-19-8-6-16-4-2-12-26-23(16)27-19/h4,6-9,18-19,21H,1-3,5,10-15H2,(H,26,27)(H,30,31). The van der Waals surface area contributed by atoms with Crippen LogP contribution in [0, 0.1) is 5.92 Å². The number of nitrogens with one attached hydrogen (secondary N) is 1. The summed E-state index contributed by atoms with van der Waals surface area (Å²) >= 11 is 0. The van der Waals surface area contributed by atoms with Gasteiger partial charge in [0.25, 0.3) is 0 Å². The first kappa shape index (κ1) is 21.7. The van der Waals surface area contributed by atoms with Gasteiger partial charge in [-0.05, 0) is 31.7 Å². The van der Waals surface area contributed by atoms with Gasteiger partial charge in [-0.1, -0.05) is 30.7 Å². The number of carboxylic acids is 1. The molecule has 174 valence electrons. The fraction of sp³-hybridized carbons (Fsp3) is 0.520. The van der Waals surface area contributed by atoms with E-state index in [9.17, 15) is 14.7 Å². The molecule has 1 aromatic rings. The number of amides is 1. The molecule has 1 amide bonds. The molecule has 1 fully saturated rings. The van der Waals surface area contributed by atoms with Crippen LogP contribution in [0.1, 0.15) is 55.8 Å². The number of carbonyl (C=O) groups is 2. The predicted octanol–water partition coefficient (Wildman–Crippen LogP) is 2.81. The van der Waals surface area contributed by atoms with Crippen molar-refractivity contribution in [1.29, 1.82) is 0 Å². The van der Waals surface area contributed by atoms with Gasteiger partial charge in [0, 0.05) is 36.6 Å². The number of amidine groups is 1. The number of ether oxygens (including phenoxy) is 1. The predicted molar refractivity (Wildman–Crippen MR) is 123 cm³/mol. The summed E-state index contributed by atoms with van der Waals surface area (Å²) in [5, 5.41) is 12.9. The Balaban J connectivity index is 1.20. The zero-order valence-electron chi connectivity index (χ0n) is 18.7. The lowest BCUT2D eigenvalue weighted by molar-refractivity contribution is -0.140. The van der Waals surface area contributed by atoms with E-state index in [-0.39, 0.29) is 24.3 Å². The number of nitrogens with zero attached hydrogens (tertiary/aromatic N) is 3. The van der Waals surface area contributed by atoms with Gasteiger partial charge in [0.1, 0.15) is 5.84 Å². The molecule has 5 rings (SSSR count). The van der Waals surface area contributed by atoms with Crippen molar-refractivity contribution in [2.45, 2.75) is 57.0 Å². The van der Waals surface area contributed by atoms with Crippen LogP contribution in [0.3, 0.4) is 0 Å². The molecule has 0 aromatic carbocycles. The molecular weight excluding hydrogens is 420 g/mol. The highest BCUT2D eigenvalue weighted by atomic mass is 16.5. The molecule has 0 aliphatic carbocycles. The van der Waals surface area contributed by atoms with Crippen molar-refractivity contribution >= 4 is 17.7 Å². The highest BCUT2D eigenvalue weighted by Crippen LogP contribution is 2.35. The van der Waals surface area contributed by atoms with Crippen LogP contribution >= 0.6 is 0 Å². The first-order valence-corrected chi connectivity index (χ1v) is 11.9. The van der Waals surface area contributed by atoms with Gasteiger partial charge in [0.05, 0.1) is 30.8 Å². The molecule has 4 aliphatic rings. The van der Waals surface area contributed by atoms with Crippen molar-refractivity contribution in [1.82, 2.24) is 15.2 Å². The van der Waals surface area contributed by atoms with Crippen molar-refractivity contribution in [2.75, 3.05) is 19.7 Å². The number of aliphatic imine (C=N–C) groups is 1. The molecule has 0 spiro atoms. The second kappa shape index (κ2) is 9.37. The second-order valence-corrected chi connectivity index (χ2v) is 9.14. The summed E-state index contributed by atoms with van der Waals surface area (Å²) in [7, 11) is 0. The molecular formula is C25H30N4O4. The minimum Gasteiger partial charge on any atom is -0.481 e. The highest BCUT2D eigenvalue weighted by Gasteiger charge is 2.38. The Bertz CT molecular complexity index is 1030. The molecule has 8 heteroatoms. The summed E-state index contributed by atoms with van der Waals surface area (Å²) in [6.07, 6.45) is 11.5. The molecule has 1 aromatic heterocycles. The van der Waals surface area contributed by atoms with Gasteiger partial charge in [0.2, 0.25) is 11.8 Å². The number of pyridine rings is 1. The van der Waals surface area contributed by atoms with Crippen LogP contribution < -0.4 is 10.1 Å². The molecule has 0 bridgehead atoms.